The smallest absolute Gasteiger partial charge is 0.348 e. The lowest BCUT2D eigenvalue weighted by Gasteiger charge is -1.99. The second-order valence-electron chi connectivity index (χ2n) is 5.70. The zero-order chi connectivity index (χ0) is 18.1. The molecule has 0 atom stereocenters. The molecule has 5 nitrogen and oxygen atoms in total. The van der Waals surface area contributed by atoms with E-state index < -0.39 is 5.97 Å². The van der Waals surface area contributed by atoms with Crippen LogP contribution in [0.25, 0.3) is 21.5 Å². The number of aryl methyl sites for hydroxylation is 1. The number of hydrogen-bond donors (Lipinski definition) is 0. The van der Waals surface area contributed by atoms with E-state index >= 15 is 0 Å². The van der Waals surface area contributed by atoms with E-state index in [0.29, 0.717) is 16.1 Å². The molecular formula is C19H13FN2O3S. The van der Waals surface area contributed by atoms with Gasteiger partial charge in [0.2, 0.25) is 5.82 Å². The highest BCUT2D eigenvalue weighted by molar-refractivity contribution is 7.20. The van der Waals surface area contributed by atoms with Gasteiger partial charge in [-0.15, -0.1) is 11.3 Å². The Balaban J connectivity index is 1.47. The Morgan fingerprint density at radius 2 is 2.08 bits per heavy atom. The summed E-state index contributed by atoms with van der Waals surface area (Å²) < 4.78 is 24.5. The number of carbonyl (C=O) groups excluding carboxylic acids is 1. The van der Waals surface area contributed by atoms with Crippen LogP contribution in [-0.4, -0.2) is 16.1 Å². The van der Waals surface area contributed by atoms with Crippen LogP contribution in [0.1, 0.15) is 21.1 Å². The van der Waals surface area contributed by atoms with Gasteiger partial charge < -0.3 is 9.26 Å². The van der Waals surface area contributed by atoms with E-state index in [4.69, 9.17) is 9.26 Å². The Labute approximate surface area is 152 Å². The molecule has 2 aromatic heterocycles. The minimum atomic E-state index is -0.512. The van der Waals surface area contributed by atoms with E-state index in [2.05, 4.69) is 10.1 Å². The van der Waals surface area contributed by atoms with Gasteiger partial charge in [-0.05, 0) is 42.1 Å². The second-order valence-corrected chi connectivity index (χ2v) is 6.78. The van der Waals surface area contributed by atoms with Crippen LogP contribution in [0.4, 0.5) is 4.39 Å². The molecule has 0 aliphatic carbocycles. The molecule has 0 fully saturated rings. The lowest BCUT2D eigenvalue weighted by molar-refractivity contribution is 0.0435. The van der Waals surface area contributed by atoms with Crippen molar-refractivity contribution in [1.82, 2.24) is 10.1 Å². The third kappa shape index (κ3) is 3.21. The van der Waals surface area contributed by atoms with Crippen molar-refractivity contribution in [2.75, 3.05) is 0 Å². The zero-order valence-electron chi connectivity index (χ0n) is 13.7. The summed E-state index contributed by atoms with van der Waals surface area (Å²) in [5, 5.41) is 4.59. The lowest BCUT2D eigenvalue weighted by Crippen LogP contribution is -2.03. The molecule has 4 aromatic rings. The van der Waals surface area contributed by atoms with Gasteiger partial charge in [-0.25, -0.2) is 9.18 Å². The molecule has 0 aliphatic heterocycles. The minimum absolute atomic E-state index is 0.125. The van der Waals surface area contributed by atoms with E-state index in [-0.39, 0.29) is 18.3 Å². The molecule has 0 aliphatic rings. The Morgan fingerprint density at radius 3 is 2.92 bits per heavy atom. The van der Waals surface area contributed by atoms with E-state index in [1.165, 1.54) is 23.5 Å². The summed E-state index contributed by atoms with van der Waals surface area (Å²) >= 11 is 1.25. The topological polar surface area (TPSA) is 65.2 Å². The number of thiophene rings is 1. The number of halogens is 1. The molecule has 4 rings (SSSR count). The summed E-state index contributed by atoms with van der Waals surface area (Å²) in [6.45, 7) is 1.83. The molecule has 130 valence electrons. The fourth-order valence-electron chi connectivity index (χ4n) is 2.56. The molecule has 0 radical (unpaired) electrons. The van der Waals surface area contributed by atoms with Gasteiger partial charge in [-0.1, -0.05) is 29.4 Å². The van der Waals surface area contributed by atoms with Crippen LogP contribution >= 0.6 is 11.3 Å². The summed E-state index contributed by atoms with van der Waals surface area (Å²) in [4.78, 5) is 16.9. The highest BCUT2D eigenvalue weighted by Gasteiger charge is 2.15. The minimum Gasteiger partial charge on any atom is -0.451 e. The molecule has 0 spiro atoms. The molecule has 0 saturated carbocycles. The predicted molar refractivity (Wildman–Crippen MR) is 95.4 cm³/mol. The molecule has 0 saturated heterocycles. The zero-order valence-corrected chi connectivity index (χ0v) is 14.5. The first-order chi connectivity index (χ1) is 12.6. The molecule has 0 N–H and O–H groups in total. The van der Waals surface area contributed by atoms with Crippen molar-refractivity contribution in [2.24, 2.45) is 0 Å². The first kappa shape index (κ1) is 16.4. The van der Waals surface area contributed by atoms with Crippen molar-refractivity contribution in [2.45, 2.75) is 13.5 Å². The lowest BCUT2D eigenvalue weighted by atomic mass is 10.1. The highest BCUT2D eigenvalue weighted by atomic mass is 32.1. The van der Waals surface area contributed by atoms with E-state index in [1.54, 1.807) is 12.1 Å². The standard InChI is InChI=1S/C19H13FN2O3S/c1-11-4-2-3-5-14(11)18-21-17(25-22-18)10-24-19(23)16-9-12-8-13(20)6-7-15(12)26-16/h2-9H,10H2,1H3. The van der Waals surface area contributed by atoms with Crippen molar-refractivity contribution in [1.29, 1.82) is 0 Å². The fourth-order valence-corrected chi connectivity index (χ4v) is 3.50. The van der Waals surface area contributed by atoms with Crippen LogP contribution in [0.3, 0.4) is 0 Å². The number of hydrogen-bond acceptors (Lipinski definition) is 6. The summed E-state index contributed by atoms with van der Waals surface area (Å²) in [6, 6.07) is 13.7. The Hall–Kier alpha value is -3.06. The number of aromatic nitrogens is 2. The largest absolute Gasteiger partial charge is 0.451 e. The Kier molecular flexibility index (Phi) is 4.22. The summed E-state index contributed by atoms with van der Waals surface area (Å²) in [5.41, 5.74) is 1.88. The monoisotopic (exact) mass is 368 g/mol. The number of ether oxygens (including phenoxy) is 1. The van der Waals surface area contributed by atoms with E-state index in [0.717, 1.165) is 15.8 Å². The van der Waals surface area contributed by atoms with Gasteiger partial charge in [0.1, 0.15) is 10.7 Å². The average Bonchev–Trinajstić information content (AvgIpc) is 3.26. The van der Waals surface area contributed by atoms with Crippen LogP contribution in [-0.2, 0) is 11.3 Å². The number of benzene rings is 2. The van der Waals surface area contributed by atoms with Crippen LogP contribution < -0.4 is 0 Å². The third-order valence-corrected chi connectivity index (χ3v) is 4.96. The Bertz CT molecular complexity index is 1100. The molecule has 0 amide bonds. The first-order valence-electron chi connectivity index (χ1n) is 7.85. The van der Waals surface area contributed by atoms with E-state index in [9.17, 15) is 9.18 Å². The molecule has 26 heavy (non-hydrogen) atoms. The van der Waals surface area contributed by atoms with Gasteiger partial charge in [0, 0.05) is 10.3 Å². The van der Waals surface area contributed by atoms with Gasteiger partial charge in [0.05, 0.1) is 0 Å². The van der Waals surface area contributed by atoms with E-state index in [1.807, 2.05) is 31.2 Å². The van der Waals surface area contributed by atoms with Crippen molar-refractivity contribution in [3.8, 4) is 11.4 Å². The van der Waals surface area contributed by atoms with Crippen LogP contribution in [0.15, 0.2) is 53.1 Å². The molecule has 7 heteroatoms. The van der Waals surface area contributed by atoms with Crippen LogP contribution in [0, 0.1) is 12.7 Å². The van der Waals surface area contributed by atoms with Crippen LogP contribution in [0.2, 0.25) is 0 Å². The highest BCUT2D eigenvalue weighted by Crippen LogP contribution is 2.27. The Morgan fingerprint density at radius 1 is 1.23 bits per heavy atom. The van der Waals surface area contributed by atoms with Gasteiger partial charge in [0.15, 0.2) is 6.61 Å². The summed E-state index contributed by atoms with van der Waals surface area (Å²) in [6.07, 6.45) is 0. The number of rotatable bonds is 4. The maximum atomic E-state index is 13.2. The van der Waals surface area contributed by atoms with Crippen LogP contribution in [0.5, 0.6) is 0 Å². The van der Waals surface area contributed by atoms with Gasteiger partial charge in [-0.3, -0.25) is 0 Å². The molecule has 2 aromatic carbocycles. The van der Waals surface area contributed by atoms with Gasteiger partial charge in [-0.2, -0.15) is 4.98 Å². The van der Waals surface area contributed by atoms with Gasteiger partial charge >= 0.3 is 5.97 Å². The fraction of sp³-hybridized carbons (Fsp3) is 0.105. The maximum absolute atomic E-state index is 13.2. The average molecular weight is 368 g/mol. The second kappa shape index (κ2) is 6.68. The third-order valence-electron chi connectivity index (χ3n) is 3.86. The normalized spacial score (nSPS) is 11.0. The summed E-state index contributed by atoms with van der Waals surface area (Å²) in [7, 11) is 0. The van der Waals surface area contributed by atoms with Crippen molar-refractivity contribution in [3.63, 3.8) is 0 Å². The quantitative estimate of drug-likeness (QED) is 0.486. The molecular weight excluding hydrogens is 355 g/mol. The number of nitrogens with zero attached hydrogens (tertiary/aromatic N) is 2. The van der Waals surface area contributed by atoms with Crippen molar-refractivity contribution in [3.05, 3.63) is 70.7 Å². The number of carbonyl (C=O) groups is 1. The van der Waals surface area contributed by atoms with Gasteiger partial charge in [0.25, 0.3) is 5.89 Å². The molecule has 0 unspecified atom stereocenters. The van der Waals surface area contributed by atoms with Crippen molar-refractivity contribution >= 4 is 27.4 Å². The maximum Gasteiger partial charge on any atom is 0.348 e. The SMILES string of the molecule is Cc1ccccc1-c1noc(COC(=O)c2cc3cc(F)ccc3s2)n1. The number of fused-ring (bicyclic) bond motifs is 1. The summed E-state index contributed by atoms with van der Waals surface area (Å²) in [5.74, 6) is -0.192. The first-order valence-corrected chi connectivity index (χ1v) is 8.66. The number of esters is 1. The molecule has 0 bridgehead atoms. The van der Waals surface area contributed by atoms with Crippen molar-refractivity contribution < 1.29 is 18.4 Å². The predicted octanol–water partition coefficient (Wildman–Crippen LogP) is 4.76. The molecule has 2 heterocycles.